The Balaban J connectivity index is 2.59. The standard InChI is InChI=1S/C16H26N2O4/c1-16(2,3)18-9-12(19)10-22-13-6-5-11(8-15(17)20)7-14(13)21-4/h5-7,12,18-19H,8-10H2,1-4H3,(H2,17,20). The van der Waals surface area contributed by atoms with Crippen LogP contribution < -0.4 is 20.5 Å². The number of amides is 1. The lowest BCUT2D eigenvalue weighted by Crippen LogP contribution is -2.42. The third kappa shape index (κ3) is 6.78. The van der Waals surface area contributed by atoms with Crippen LogP contribution in [0.5, 0.6) is 11.5 Å². The summed E-state index contributed by atoms with van der Waals surface area (Å²) in [4.78, 5) is 10.9. The molecule has 0 spiro atoms. The summed E-state index contributed by atoms with van der Waals surface area (Å²) in [5.41, 5.74) is 5.87. The number of β-amino-alcohol motifs (C(OH)–C–C–N with tert-alkyl or cyclic N) is 1. The number of rotatable bonds is 8. The molecule has 0 aliphatic carbocycles. The number of primary amides is 1. The molecule has 0 aliphatic rings. The number of methoxy groups -OCH3 is 1. The number of aliphatic hydroxyl groups excluding tert-OH is 1. The first kappa shape index (κ1) is 18.3. The fraction of sp³-hybridized carbons (Fsp3) is 0.562. The van der Waals surface area contributed by atoms with Crippen LogP contribution in [-0.4, -0.2) is 42.9 Å². The van der Waals surface area contributed by atoms with Crippen molar-refractivity contribution in [1.82, 2.24) is 5.32 Å². The van der Waals surface area contributed by atoms with Gasteiger partial charge < -0.3 is 25.6 Å². The predicted molar refractivity (Wildman–Crippen MR) is 85.1 cm³/mol. The molecule has 22 heavy (non-hydrogen) atoms. The number of benzene rings is 1. The van der Waals surface area contributed by atoms with Gasteiger partial charge in [-0.2, -0.15) is 0 Å². The molecule has 0 saturated heterocycles. The zero-order chi connectivity index (χ0) is 16.8. The first-order valence-corrected chi connectivity index (χ1v) is 7.22. The molecule has 0 radical (unpaired) electrons. The van der Waals surface area contributed by atoms with E-state index in [1.807, 2.05) is 20.8 Å². The Labute approximate surface area is 131 Å². The molecule has 0 saturated carbocycles. The molecule has 0 heterocycles. The molecule has 1 rings (SSSR count). The number of aliphatic hydroxyl groups is 1. The number of nitrogens with two attached hydrogens (primary N) is 1. The van der Waals surface area contributed by atoms with Crippen molar-refractivity contribution in [2.75, 3.05) is 20.3 Å². The molecule has 6 nitrogen and oxygen atoms in total. The minimum atomic E-state index is -0.630. The Morgan fingerprint density at radius 1 is 1.36 bits per heavy atom. The second-order valence-corrected chi connectivity index (χ2v) is 6.22. The molecule has 1 unspecified atom stereocenters. The number of carbonyl (C=O) groups is 1. The minimum absolute atomic E-state index is 0.0604. The van der Waals surface area contributed by atoms with E-state index in [-0.39, 0.29) is 18.6 Å². The van der Waals surface area contributed by atoms with Crippen LogP contribution in [0.3, 0.4) is 0 Å². The average molecular weight is 310 g/mol. The van der Waals surface area contributed by atoms with Crippen molar-refractivity contribution < 1.29 is 19.4 Å². The maximum atomic E-state index is 10.9. The molecule has 0 bridgehead atoms. The fourth-order valence-electron chi connectivity index (χ4n) is 1.81. The highest BCUT2D eigenvalue weighted by Gasteiger charge is 2.14. The molecule has 0 aromatic heterocycles. The normalized spacial score (nSPS) is 12.8. The third-order valence-corrected chi connectivity index (χ3v) is 2.91. The summed E-state index contributed by atoms with van der Waals surface area (Å²) in [6.07, 6.45) is -0.483. The van der Waals surface area contributed by atoms with E-state index in [1.54, 1.807) is 18.2 Å². The van der Waals surface area contributed by atoms with E-state index in [2.05, 4.69) is 5.32 Å². The van der Waals surface area contributed by atoms with Crippen molar-refractivity contribution in [2.45, 2.75) is 38.8 Å². The van der Waals surface area contributed by atoms with Crippen LogP contribution in [0.4, 0.5) is 0 Å². The number of hydrogen-bond donors (Lipinski definition) is 3. The second-order valence-electron chi connectivity index (χ2n) is 6.22. The molecule has 0 fully saturated rings. The quantitative estimate of drug-likeness (QED) is 0.662. The zero-order valence-corrected chi connectivity index (χ0v) is 13.7. The van der Waals surface area contributed by atoms with E-state index in [9.17, 15) is 9.90 Å². The zero-order valence-electron chi connectivity index (χ0n) is 13.7. The summed E-state index contributed by atoms with van der Waals surface area (Å²) in [5.74, 6) is 0.625. The molecular formula is C16H26N2O4. The molecule has 4 N–H and O–H groups in total. The monoisotopic (exact) mass is 310 g/mol. The lowest BCUT2D eigenvalue weighted by molar-refractivity contribution is -0.117. The highest BCUT2D eigenvalue weighted by atomic mass is 16.5. The highest BCUT2D eigenvalue weighted by molar-refractivity contribution is 5.76. The predicted octanol–water partition coefficient (Wildman–Crippen LogP) is 0.851. The van der Waals surface area contributed by atoms with Gasteiger partial charge in [0.15, 0.2) is 11.5 Å². The smallest absolute Gasteiger partial charge is 0.221 e. The van der Waals surface area contributed by atoms with Gasteiger partial charge in [0.05, 0.1) is 13.5 Å². The van der Waals surface area contributed by atoms with Gasteiger partial charge in [-0.25, -0.2) is 0 Å². The molecule has 1 atom stereocenters. The van der Waals surface area contributed by atoms with Crippen molar-refractivity contribution >= 4 is 5.91 Å². The maximum Gasteiger partial charge on any atom is 0.221 e. The molecular weight excluding hydrogens is 284 g/mol. The molecule has 6 heteroatoms. The van der Waals surface area contributed by atoms with Crippen LogP contribution >= 0.6 is 0 Å². The van der Waals surface area contributed by atoms with Gasteiger partial charge in [0.2, 0.25) is 5.91 Å². The largest absolute Gasteiger partial charge is 0.493 e. The van der Waals surface area contributed by atoms with Gasteiger partial charge in [-0.05, 0) is 38.5 Å². The second kappa shape index (κ2) is 8.00. The number of hydrogen-bond acceptors (Lipinski definition) is 5. The summed E-state index contributed by atoms with van der Waals surface area (Å²) in [7, 11) is 1.52. The molecule has 124 valence electrons. The molecule has 1 aromatic rings. The number of ether oxygens (including phenoxy) is 2. The fourth-order valence-corrected chi connectivity index (χ4v) is 1.81. The van der Waals surface area contributed by atoms with E-state index in [0.29, 0.717) is 18.0 Å². The Hall–Kier alpha value is -1.79. The first-order chi connectivity index (χ1) is 10.2. The van der Waals surface area contributed by atoms with Crippen LogP contribution in [0.1, 0.15) is 26.3 Å². The average Bonchev–Trinajstić information content (AvgIpc) is 2.42. The van der Waals surface area contributed by atoms with Gasteiger partial charge in [-0.3, -0.25) is 4.79 Å². The van der Waals surface area contributed by atoms with Crippen molar-refractivity contribution in [2.24, 2.45) is 5.73 Å². The Morgan fingerprint density at radius 2 is 2.05 bits per heavy atom. The Kier molecular flexibility index (Phi) is 6.64. The van der Waals surface area contributed by atoms with Crippen LogP contribution in [0.25, 0.3) is 0 Å². The first-order valence-electron chi connectivity index (χ1n) is 7.22. The number of carbonyl (C=O) groups excluding carboxylic acids is 1. The van der Waals surface area contributed by atoms with Gasteiger partial charge in [-0.1, -0.05) is 6.07 Å². The summed E-state index contributed by atoms with van der Waals surface area (Å²) in [6, 6.07) is 5.17. The van der Waals surface area contributed by atoms with Crippen LogP contribution in [0.2, 0.25) is 0 Å². The van der Waals surface area contributed by atoms with Gasteiger partial charge >= 0.3 is 0 Å². The van der Waals surface area contributed by atoms with Crippen molar-refractivity contribution in [3.8, 4) is 11.5 Å². The van der Waals surface area contributed by atoms with Crippen molar-refractivity contribution in [1.29, 1.82) is 0 Å². The summed E-state index contributed by atoms with van der Waals surface area (Å²) >= 11 is 0. The van der Waals surface area contributed by atoms with Crippen molar-refractivity contribution in [3.63, 3.8) is 0 Å². The Bertz CT molecular complexity index is 497. The van der Waals surface area contributed by atoms with Gasteiger partial charge in [0.25, 0.3) is 0 Å². The topological polar surface area (TPSA) is 93.8 Å². The van der Waals surface area contributed by atoms with E-state index < -0.39 is 12.0 Å². The van der Waals surface area contributed by atoms with E-state index >= 15 is 0 Å². The van der Waals surface area contributed by atoms with Gasteiger partial charge in [-0.15, -0.1) is 0 Å². The SMILES string of the molecule is COc1cc(CC(N)=O)ccc1OCC(O)CNC(C)(C)C. The van der Waals surface area contributed by atoms with Crippen LogP contribution in [0.15, 0.2) is 18.2 Å². The molecule has 1 aromatic carbocycles. The third-order valence-electron chi connectivity index (χ3n) is 2.91. The van der Waals surface area contributed by atoms with Crippen molar-refractivity contribution in [3.05, 3.63) is 23.8 Å². The van der Waals surface area contributed by atoms with E-state index in [0.717, 1.165) is 5.56 Å². The summed E-state index contributed by atoms with van der Waals surface area (Å²) < 4.78 is 10.8. The van der Waals surface area contributed by atoms with E-state index in [1.165, 1.54) is 7.11 Å². The summed E-state index contributed by atoms with van der Waals surface area (Å²) in [6.45, 7) is 6.67. The summed E-state index contributed by atoms with van der Waals surface area (Å²) in [5, 5.41) is 13.1. The van der Waals surface area contributed by atoms with Gasteiger partial charge in [0, 0.05) is 12.1 Å². The highest BCUT2D eigenvalue weighted by Crippen LogP contribution is 2.28. The minimum Gasteiger partial charge on any atom is -0.493 e. The Morgan fingerprint density at radius 3 is 2.59 bits per heavy atom. The van der Waals surface area contributed by atoms with Gasteiger partial charge in [0.1, 0.15) is 12.7 Å². The maximum absolute atomic E-state index is 10.9. The van der Waals surface area contributed by atoms with E-state index in [4.69, 9.17) is 15.2 Å². The molecule has 1 amide bonds. The van der Waals surface area contributed by atoms with Crippen LogP contribution in [0, 0.1) is 0 Å². The lowest BCUT2D eigenvalue weighted by Gasteiger charge is -2.23. The van der Waals surface area contributed by atoms with Crippen LogP contribution in [-0.2, 0) is 11.2 Å². The number of nitrogens with one attached hydrogen (secondary N) is 1. The molecule has 0 aliphatic heterocycles. The lowest BCUT2D eigenvalue weighted by atomic mass is 10.1.